The van der Waals surface area contributed by atoms with Crippen LogP contribution in [0.5, 0.6) is 0 Å². The maximum absolute atomic E-state index is 13.9. The van der Waals surface area contributed by atoms with Crippen molar-refractivity contribution in [1.29, 1.82) is 0 Å². The second-order valence-corrected chi connectivity index (χ2v) is 4.80. The molecule has 20 heavy (non-hydrogen) atoms. The van der Waals surface area contributed by atoms with Gasteiger partial charge in [-0.05, 0) is 25.3 Å². The van der Waals surface area contributed by atoms with E-state index in [1.165, 1.54) is 6.92 Å². The Kier molecular flexibility index (Phi) is 5.15. The van der Waals surface area contributed by atoms with E-state index in [-0.39, 0.29) is 35.4 Å². The molecule has 2 atom stereocenters. The predicted molar refractivity (Wildman–Crippen MR) is 71.0 cm³/mol. The van der Waals surface area contributed by atoms with E-state index in [0.717, 1.165) is 12.1 Å². The van der Waals surface area contributed by atoms with E-state index in [1.807, 2.05) is 0 Å². The number of benzene rings is 1. The van der Waals surface area contributed by atoms with Gasteiger partial charge in [-0.15, -0.1) is 0 Å². The molecular weight excluding hydrogens is 267 g/mol. The number of halogens is 1. The van der Waals surface area contributed by atoms with Crippen LogP contribution in [0, 0.1) is 28.8 Å². The minimum atomic E-state index is -0.781. The molecule has 110 valence electrons. The van der Waals surface area contributed by atoms with Crippen molar-refractivity contribution < 1.29 is 19.2 Å². The fraction of sp³-hybridized carbons (Fsp3) is 0.462. The van der Waals surface area contributed by atoms with Crippen molar-refractivity contribution in [3.8, 4) is 0 Å². The van der Waals surface area contributed by atoms with Gasteiger partial charge in [0.2, 0.25) is 0 Å². The number of non-ortho nitro benzene ring substituents is 1. The molecule has 0 aromatic heterocycles. The Balaban J connectivity index is 3.06. The molecule has 0 saturated carbocycles. The van der Waals surface area contributed by atoms with Crippen molar-refractivity contribution in [2.45, 2.75) is 26.8 Å². The normalized spacial score (nSPS) is 13.7. The summed E-state index contributed by atoms with van der Waals surface area (Å²) in [7, 11) is 0. The van der Waals surface area contributed by atoms with Crippen LogP contribution in [-0.2, 0) is 0 Å². The first kappa shape index (κ1) is 16.0. The van der Waals surface area contributed by atoms with Crippen LogP contribution in [0.2, 0.25) is 0 Å². The number of aryl methyl sites for hydroxylation is 1. The van der Waals surface area contributed by atoms with Crippen molar-refractivity contribution in [1.82, 2.24) is 5.32 Å². The number of rotatable bonds is 5. The standard InChI is InChI=1S/C13H17FN2O4/c1-7-4-10(16(19)20)5-11(12(7)14)13(18)15-9(3)8(2)6-17/h4-5,8-9,17H,6H2,1-3H3,(H,15,18). The third-order valence-corrected chi connectivity index (χ3v) is 3.20. The summed E-state index contributed by atoms with van der Waals surface area (Å²) in [5, 5.41) is 22.2. The van der Waals surface area contributed by atoms with Crippen LogP contribution in [0.15, 0.2) is 12.1 Å². The number of carbonyl (C=O) groups excluding carboxylic acids is 1. The van der Waals surface area contributed by atoms with Crippen LogP contribution in [0.3, 0.4) is 0 Å². The Morgan fingerprint density at radius 3 is 2.60 bits per heavy atom. The Bertz CT molecular complexity index is 533. The number of aliphatic hydroxyl groups is 1. The SMILES string of the molecule is Cc1cc([N+](=O)[O-])cc(C(=O)NC(C)C(C)CO)c1F. The molecule has 0 saturated heterocycles. The fourth-order valence-electron chi connectivity index (χ4n) is 1.61. The highest BCUT2D eigenvalue weighted by Crippen LogP contribution is 2.21. The highest BCUT2D eigenvalue weighted by molar-refractivity contribution is 5.95. The molecule has 0 radical (unpaired) electrons. The Morgan fingerprint density at radius 1 is 1.50 bits per heavy atom. The molecule has 2 unspecified atom stereocenters. The molecule has 7 heteroatoms. The van der Waals surface area contributed by atoms with Crippen molar-refractivity contribution in [3.63, 3.8) is 0 Å². The number of aliphatic hydroxyl groups excluding tert-OH is 1. The van der Waals surface area contributed by atoms with Gasteiger partial charge in [0.25, 0.3) is 11.6 Å². The Hall–Kier alpha value is -2.02. The monoisotopic (exact) mass is 284 g/mol. The van der Waals surface area contributed by atoms with Gasteiger partial charge < -0.3 is 10.4 Å². The van der Waals surface area contributed by atoms with Gasteiger partial charge in [-0.25, -0.2) is 4.39 Å². The number of nitro groups is 1. The van der Waals surface area contributed by atoms with E-state index in [9.17, 15) is 19.3 Å². The number of hydrogen-bond acceptors (Lipinski definition) is 4. The first-order valence-electron chi connectivity index (χ1n) is 6.14. The highest BCUT2D eigenvalue weighted by Gasteiger charge is 2.22. The van der Waals surface area contributed by atoms with Crippen molar-refractivity contribution in [2.24, 2.45) is 5.92 Å². The number of nitrogens with one attached hydrogen (secondary N) is 1. The van der Waals surface area contributed by atoms with Crippen molar-refractivity contribution >= 4 is 11.6 Å². The summed E-state index contributed by atoms with van der Waals surface area (Å²) in [6.07, 6.45) is 0. The Labute approximate surface area is 115 Å². The minimum Gasteiger partial charge on any atom is -0.396 e. The zero-order valence-corrected chi connectivity index (χ0v) is 11.5. The molecule has 0 fully saturated rings. The largest absolute Gasteiger partial charge is 0.396 e. The topological polar surface area (TPSA) is 92.5 Å². The van der Waals surface area contributed by atoms with Crippen molar-refractivity contribution in [2.75, 3.05) is 6.61 Å². The van der Waals surface area contributed by atoms with Gasteiger partial charge >= 0.3 is 0 Å². The molecule has 0 spiro atoms. The predicted octanol–water partition coefficient (Wildman–Crippen LogP) is 1.79. The quantitative estimate of drug-likeness (QED) is 0.637. The number of carbonyl (C=O) groups is 1. The lowest BCUT2D eigenvalue weighted by Crippen LogP contribution is -2.38. The molecule has 0 bridgehead atoms. The molecule has 1 aromatic rings. The third-order valence-electron chi connectivity index (χ3n) is 3.20. The van der Waals surface area contributed by atoms with E-state index < -0.39 is 16.6 Å². The van der Waals surface area contributed by atoms with Gasteiger partial charge in [0.15, 0.2) is 0 Å². The van der Waals surface area contributed by atoms with E-state index in [0.29, 0.717) is 0 Å². The number of nitrogens with zero attached hydrogens (tertiary/aromatic N) is 1. The summed E-state index contributed by atoms with van der Waals surface area (Å²) in [6.45, 7) is 4.62. The summed E-state index contributed by atoms with van der Waals surface area (Å²) >= 11 is 0. The van der Waals surface area contributed by atoms with E-state index in [2.05, 4.69) is 5.32 Å². The van der Waals surface area contributed by atoms with Gasteiger partial charge in [0.05, 0.1) is 10.5 Å². The first-order chi connectivity index (χ1) is 9.27. The molecule has 0 heterocycles. The van der Waals surface area contributed by atoms with Gasteiger partial charge in [0, 0.05) is 24.8 Å². The van der Waals surface area contributed by atoms with Crippen LogP contribution in [0.1, 0.15) is 29.8 Å². The lowest BCUT2D eigenvalue weighted by Gasteiger charge is -2.19. The molecule has 1 amide bonds. The highest BCUT2D eigenvalue weighted by atomic mass is 19.1. The number of amides is 1. The second-order valence-electron chi connectivity index (χ2n) is 4.80. The summed E-state index contributed by atoms with van der Waals surface area (Å²) in [5.74, 6) is -1.72. The van der Waals surface area contributed by atoms with Gasteiger partial charge in [-0.2, -0.15) is 0 Å². The van der Waals surface area contributed by atoms with Crippen LogP contribution in [-0.4, -0.2) is 28.6 Å². The molecule has 2 N–H and O–H groups in total. The second kappa shape index (κ2) is 6.42. The van der Waals surface area contributed by atoms with Crippen LogP contribution in [0.4, 0.5) is 10.1 Å². The summed E-state index contributed by atoms with van der Waals surface area (Å²) < 4.78 is 13.9. The number of hydrogen-bond donors (Lipinski definition) is 2. The lowest BCUT2D eigenvalue weighted by molar-refractivity contribution is -0.385. The van der Waals surface area contributed by atoms with Crippen LogP contribution >= 0.6 is 0 Å². The van der Waals surface area contributed by atoms with Crippen molar-refractivity contribution in [3.05, 3.63) is 39.2 Å². The number of nitro benzene ring substituents is 1. The van der Waals surface area contributed by atoms with Crippen LogP contribution < -0.4 is 5.32 Å². The first-order valence-corrected chi connectivity index (χ1v) is 6.14. The van der Waals surface area contributed by atoms with E-state index >= 15 is 0 Å². The van der Waals surface area contributed by atoms with E-state index in [4.69, 9.17) is 5.11 Å². The van der Waals surface area contributed by atoms with Gasteiger partial charge in [-0.1, -0.05) is 6.92 Å². The van der Waals surface area contributed by atoms with E-state index in [1.54, 1.807) is 13.8 Å². The molecule has 0 aliphatic rings. The molecule has 0 aliphatic carbocycles. The summed E-state index contributed by atoms with van der Waals surface area (Å²) in [5.41, 5.74) is -0.669. The smallest absolute Gasteiger partial charge is 0.270 e. The molecule has 1 aromatic carbocycles. The van der Waals surface area contributed by atoms with Crippen LogP contribution in [0.25, 0.3) is 0 Å². The average Bonchev–Trinajstić information content (AvgIpc) is 2.39. The van der Waals surface area contributed by atoms with Gasteiger partial charge in [0.1, 0.15) is 5.82 Å². The Morgan fingerprint density at radius 2 is 2.10 bits per heavy atom. The molecular formula is C13H17FN2O4. The summed E-state index contributed by atoms with van der Waals surface area (Å²) in [6, 6.07) is 1.60. The molecule has 1 rings (SSSR count). The summed E-state index contributed by atoms with van der Waals surface area (Å²) in [4.78, 5) is 22.0. The molecule has 0 aliphatic heterocycles. The zero-order valence-electron chi connectivity index (χ0n) is 11.5. The average molecular weight is 284 g/mol. The molecule has 6 nitrogen and oxygen atoms in total. The zero-order chi connectivity index (χ0) is 15.4. The lowest BCUT2D eigenvalue weighted by atomic mass is 10.0. The fourth-order valence-corrected chi connectivity index (χ4v) is 1.61. The maximum Gasteiger partial charge on any atom is 0.270 e. The maximum atomic E-state index is 13.9. The van der Waals surface area contributed by atoms with Gasteiger partial charge in [-0.3, -0.25) is 14.9 Å². The minimum absolute atomic E-state index is 0.0345. The third kappa shape index (κ3) is 3.51.